The number of anilines is 1. The lowest BCUT2D eigenvalue weighted by Crippen LogP contribution is -2.52. The standard InChI is InChI=1S/C17H24F2N4.HI/c1-20-17(21-7-6-13-2-3-13)23-10-8-22(9-11-23)16-12-14(18)4-5-15(16)19;/h4-5,12-13H,2-3,6-11H2,1H3,(H,20,21);1H. The summed E-state index contributed by atoms with van der Waals surface area (Å²) in [7, 11) is 1.79. The predicted octanol–water partition coefficient (Wildman–Crippen LogP) is 3.08. The first kappa shape index (κ1) is 19.2. The molecule has 134 valence electrons. The summed E-state index contributed by atoms with van der Waals surface area (Å²) in [6.07, 6.45) is 3.92. The second kappa shape index (κ2) is 8.82. The maximum Gasteiger partial charge on any atom is 0.193 e. The van der Waals surface area contributed by atoms with Crippen LogP contribution < -0.4 is 10.2 Å². The maximum atomic E-state index is 13.9. The molecule has 1 aliphatic heterocycles. The van der Waals surface area contributed by atoms with Crippen LogP contribution in [0.1, 0.15) is 19.3 Å². The van der Waals surface area contributed by atoms with E-state index in [1.165, 1.54) is 31.4 Å². The molecule has 4 nitrogen and oxygen atoms in total. The summed E-state index contributed by atoms with van der Waals surface area (Å²) < 4.78 is 27.2. The number of benzene rings is 1. The Morgan fingerprint density at radius 2 is 1.92 bits per heavy atom. The Morgan fingerprint density at radius 3 is 2.54 bits per heavy atom. The lowest BCUT2D eigenvalue weighted by atomic mass is 10.2. The van der Waals surface area contributed by atoms with Gasteiger partial charge in [0.05, 0.1) is 5.69 Å². The first-order chi connectivity index (χ1) is 11.2. The van der Waals surface area contributed by atoms with Gasteiger partial charge >= 0.3 is 0 Å². The van der Waals surface area contributed by atoms with E-state index in [-0.39, 0.29) is 29.8 Å². The third-order valence-electron chi connectivity index (χ3n) is 4.57. The van der Waals surface area contributed by atoms with Gasteiger partial charge in [0.1, 0.15) is 11.6 Å². The molecule has 0 radical (unpaired) electrons. The van der Waals surface area contributed by atoms with E-state index in [4.69, 9.17) is 0 Å². The maximum absolute atomic E-state index is 13.9. The van der Waals surface area contributed by atoms with Crippen LogP contribution in [-0.2, 0) is 0 Å². The van der Waals surface area contributed by atoms with Crippen molar-refractivity contribution in [1.29, 1.82) is 0 Å². The van der Waals surface area contributed by atoms with Crippen LogP contribution in [0, 0.1) is 17.6 Å². The number of nitrogens with one attached hydrogen (secondary N) is 1. The molecule has 1 aromatic rings. The summed E-state index contributed by atoms with van der Waals surface area (Å²) in [6, 6.07) is 3.61. The normalized spacial score (nSPS) is 18.4. The zero-order valence-electron chi connectivity index (χ0n) is 14.0. The first-order valence-electron chi connectivity index (χ1n) is 8.33. The van der Waals surface area contributed by atoms with Crippen LogP contribution >= 0.6 is 24.0 Å². The largest absolute Gasteiger partial charge is 0.366 e. The summed E-state index contributed by atoms with van der Waals surface area (Å²) in [6.45, 7) is 3.77. The van der Waals surface area contributed by atoms with E-state index in [1.54, 1.807) is 7.05 Å². The molecule has 3 rings (SSSR count). The van der Waals surface area contributed by atoms with Gasteiger partial charge in [-0.2, -0.15) is 0 Å². The molecule has 0 amide bonds. The highest BCUT2D eigenvalue weighted by atomic mass is 127. The van der Waals surface area contributed by atoms with Crippen molar-refractivity contribution in [3.05, 3.63) is 29.8 Å². The smallest absolute Gasteiger partial charge is 0.193 e. The Labute approximate surface area is 159 Å². The molecule has 0 atom stereocenters. The second-order valence-electron chi connectivity index (χ2n) is 6.28. The highest BCUT2D eigenvalue weighted by Crippen LogP contribution is 2.31. The Bertz CT molecular complexity index is 570. The van der Waals surface area contributed by atoms with E-state index in [0.717, 1.165) is 37.6 Å². The van der Waals surface area contributed by atoms with E-state index < -0.39 is 5.82 Å². The SMILES string of the molecule is CN=C(NCCC1CC1)N1CCN(c2cc(F)ccc2F)CC1.I. The Balaban J connectivity index is 0.00000208. The van der Waals surface area contributed by atoms with E-state index in [9.17, 15) is 8.78 Å². The first-order valence-corrected chi connectivity index (χ1v) is 8.33. The highest BCUT2D eigenvalue weighted by Gasteiger charge is 2.23. The summed E-state index contributed by atoms with van der Waals surface area (Å²) in [5.74, 6) is 1.03. The van der Waals surface area contributed by atoms with Gasteiger partial charge in [0.2, 0.25) is 0 Å². The van der Waals surface area contributed by atoms with E-state index in [1.807, 2.05) is 4.90 Å². The number of halogens is 3. The van der Waals surface area contributed by atoms with Gasteiger partial charge in [0.25, 0.3) is 0 Å². The third-order valence-corrected chi connectivity index (χ3v) is 4.57. The molecule has 2 fully saturated rings. The van der Waals surface area contributed by atoms with Crippen molar-refractivity contribution >= 4 is 35.6 Å². The molecule has 1 heterocycles. The van der Waals surface area contributed by atoms with Gasteiger partial charge in [-0.1, -0.05) is 12.8 Å². The molecular formula is C17H25F2IN4. The van der Waals surface area contributed by atoms with Crippen molar-refractivity contribution in [3.63, 3.8) is 0 Å². The van der Waals surface area contributed by atoms with Gasteiger partial charge in [0.15, 0.2) is 5.96 Å². The summed E-state index contributed by atoms with van der Waals surface area (Å²) in [5, 5.41) is 3.41. The van der Waals surface area contributed by atoms with Gasteiger partial charge in [-0.3, -0.25) is 4.99 Å². The quantitative estimate of drug-likeness (QED) is 0.435. The molecule has 7 heteroatoms. The topological polar surface area (TPSA) is 30.9 Å². The second-order valence-corrected chi connectivity index (χ2v) is 6.28. The van der Waals surface area contributed by atoms with Crippen molar-refractivity contribution in [2.45, 2.75) is 19.3 Å². The fourth-order valence-corrected chi connectivity index (χ4v) is 3.01. The fraction of sp³-hybridized carbons (Fsp3) is 0.588. The average Bonchev–Trinajstić information content (AvgIpc) is 3.38. The number of piperazine rings is 1. The van der Waals surface area contributed by atoms with Crippen molar-refractivity contribution in [2.75, 3.05) is 44.7 Å². The Kier molecular flexibility index (Phi) is 7.06. The van der Waals surface area contributed by atoms with Crippen LogP contribution in [0.15, 0.2) is 23.2 Å². The van der Waals surface area contributed by atoms with Gasteiger partial charge in [-0.05, 0) is 24.5 Å². The molecular weight excluding hydrogens is 425 g/mol. The zero-order chi connectivity index (χ0) is 16.2. The number of rotatable bonds is 4. The van der Waals surface area contributed by atoms with Crippen molar-refractivity contribution in [1.82, 2.24) is 10.2 Å². The summed E-state index contributed by atoms with van der Waals surface area (Å²) in [4.78, 5) is 8.41. The third kappa shape index (κ3) is 4.94. The Morgan fingerprint density at radius 1 is 1.21 bits per heavy atom. The zero-order valence-corrected chi connectivity index (χ0v) is 16.3. The molecule has 0 bridgehead atoms. The van der Waals surface area contributed by atoms with Crippen LogP contribution in [0.4, 0.5) is 14.5 Å². The number of nitrogens with zero attached hydrogens (tertiary/aromatic N) is 3. The summed E-state index contributed by atoms with van der Waals surface area (Å²) in [5.41, 5.74) is 0.348. The lowest BCUT2D eigenvalue weighted by Gasteiger charge is -2.37. The van der Waals surface area contributed by atoms with Gasteiger partial charge in [-0.15, -0.1) is 24.0 Å². The van der Waals surface area contributed by atoms with Crippen molar-refractivity contribution in [2.24, 2.45) is 10.9 Å². The number of hydrogen-bond donors (Lipinski definition) is 1. The highest BCUT2D eigenvalue weighted by molar-refractivity contribution is 14.0. The molecule has 0 aromatic heterocycles. The Hall–Kier alpha value is -1.12. The minimum absolute atomic E-state index is 0. The predicted molar refractivity (Wildman–Crippen MR) is 104 cm³/mol. The molecule has 1 saturated heterocycles. The van der Waals surface area contributed by atoms with Crippen LogP contribution in [0.5, 0.6) is 0 Å². The van der Waals surface area contributed by atoms with Crippen molar-refractivity contribution < 1.29 is 8.78 Å². The molecule has 2 aliphatic rings. The van der Waals surface area contributed by atoms with Gasteiger partial charge in [-0.25, -0.2) is 8.78 Å². The van der Waals surface area contributed by atoms with E-state index in [2.05, 4.69) is 15.2 Å². The molecule has 24 heavy (non-hydrogen) atoms. The number of hydrogen-bond acceptors (Lipinski definition) is 2. The fourth-order valence-electron chi connectivity index (χ4n) is 3.01. The van der Waals surface area contributed by atoms with Crippen LogP contribution in [0.2, 0.25) is 0 Å². The van der Waals surface area contributed by atoms with E-state index >= 15 is 0 Å². The number of aliphatic imine (C=N–C) groups is 1. The van der Waals surface area contributed by atoms with Gasteiger partial charge < -0.3 is 15.1 Å². The van der Waals surface area contributed by atoms with Crippen LogP contribution in [-0.4, -0.2) is 50.6 Å². The molecule has 1 saturated carbocycles. The monoisotopic (exact) mass is 450 g/mol. The molecule has 1 N–H and O–H groups in total. The number of guanidine groups is 1. The molecule has 0 unspecified atom stereocenters. The lowest BCUT2D eigenvalue weighted by molar-refractivity contribution is 0.370. The average molecular weight is 450 g/mol. The van der Waals surface area contributed by atoms with Crippen LogP contribution in [0.25, 0.3) is 0 Å². The minimum Gasteiger partial charge on any atom is -0.366 e. The van der Waals surface area contributed by atoms with Crippen LogP contribution in [0.3, 0.4) is 0 Å². The van der Waals surface area contributed by atoms with Crippen molar-refractivity contribution in [3.8, 4) is 0 Å². The molecule has 1 aromatic carbocycles. The van der Waals surface area contributed by atoms with E-state index in [0.29, 0.717) is 18.8 Å². The molecule has 0 spiro atoms. The summed E-state index contributed by atoms with van der Waals surface area (Å²) >= 11 is 0. The molecule has 1 aliphatic carbocycles. The minimum atomic E-state index is -0.401. The van der Waals surface area contributed by atoms with Gasteiger partial charge in [0, 0.05) is 45.8 Å².